The van der Waals surface area contributed by atoms with Crippen molar-refractivity contribution in [1.29, 1.82) is 0 Å². The van der Waals surface area contributed by atoms with Gasteiger partial charge in [-0.1, -0.05) is 0 Å². The van der Waals surface area contributed by atoms with Crippen molar-refractivity contribution in [3.05, 3.63) is 0 Å². The third-order valence-corrected chi connectivity index (χ3v) is 1.39. The van der Waals surface area contributed by atoms with Crippen LogP contribution in [0.25, 0.3) is 0 Å². The van der Waals surface area contributed by atoms with Gasteiger partial charge in [-0.25, -0.2) is 4.79 Å². The average molecular weight is 176 g/mol. The minimum atomic E-state index is -0.615. The summed E-state index contributed by atoms with van der Waals surface area (Å²) in [7, 11) is 1.60. The topological polar surface area (TPSA) is 54.0 Å². The second-order valence-electron chi connectivity index (χ2n) is 2.37. The molecule has 0 aromatic rings. The highest BCUT2D eigenvalue weighted by Gasteiger charge is 2.24. The molecular formula is C7H12O5. The molecular weight excluding hydrogens is 164 g/mol. The first kappa shape index (κ1) is 9.28. The highest BCUT2D eigenvalue weighted by atomic mass is 16.8. The molecule has 1 saturated heterocycles. The van der Waals surface area contributed by atoms with Gasteiger partial charge in [0.2, 0.25) is 0 Å². The summed E-state index contributed by atoms with van der Waals surface area (Å²) in [5, 5.41) is 0. The minimum Gasteiger partial charge on any atom is -0.430 e. The van der Waals surface area contributed by atoms with E-state index in [4.69, 9.17) is 14.2 Å². The van der Waals surface area contributed by atoms with Gasteiger partial charge in [0, 0.05) is 7.11 Å². The molecule has 70 valence electrons. The Kier molecular flexibility index (Phi) is 3.83. The fourth-order valence-electron chi connectivity index (χ4n) is 0.804. The normalized spacial score (nSPS) is 22.1. The maximum absolute atomic E-state index is 10.4. The monoisotopic (exact) mass is 176 g/mol. The summed E-state index contributed by atoms with van der Waals surface area (Å²) in [6.45, 7) is 1.70. The molecule has 0 radical (unpaired) electrons. The SMILES string of the molecule is COCCOCC1COC(=O)O1. The first-order valence-corrected chi connectivity index (χ1v) is 3.73. The summed E-state index contributed by atoms with van der Waals surface area (Å²) in [5.41, 5.74) is 0. The van der Waals surface area contributed by atoms with E-state index in [1.165, 1.54) is 0 Å². The Labute approximate surface area is 70.5 Å². The van der Waals surface area contributed by atoms with Crippen LogP contribution >= 0.6 is 0 Å². The molecule has 1 aliphatic rings. The third kappa shape index (κ3) is 3.06. The predicted molar refractivity (Wildman–Crippen MR) is 38.9 cm³/mol. The van der Waals surface area contributed by atoms with E-state index in [9.17, 15) is 4.79 Å². The molecule has 1 rings (SSSR count). The molecule has 0 aromatic carbocycles. The van der Waals surface area contributed by atoms with Crippen LogP contribution < -0.4 is 0 Å². The Morgan fingerprint density at radius 2 is 2.42 bits per heavy atom. The highest BCUT2D eigenvalue weighted by molar-refractivity contribution is 5.61. The number of hydrogen-bond acceptors (Lipinski definition) is 5. The molecule has 5 nitrogen and oxygen atoms in total. The maximum atomic E-state index is 10.4. The zero-order chi connectivity index (χ0) is 8.81. The standard InChI is InChI=1S/C7H12O5/c1-9-2-3-10-4-6-5-11-7(8)12-6/h6H,2-5H2,1H3. The smallest absolute Gasteiger partial charge is 0.430 e. The molecule has 0 aliphatic carbocycles. The summed E-state index contributed by atoms with van der Waals surface area (Å²) in [4.78, 5) is 10.4. The first-order valence-electron chi connectivity index (χ1n) is 3.73. The lowest BCUT2D eigenvalue weighted by Crippen LogP contribution is -2.19. The molecule has 0 aromatic heterocycles. The van der Waals surface area contributed by atoms with Crippen LogP contribution in [-0.4, -0.2) is 45.8 Å². The van der Waals surface area contributed by atoms with Crippen LogP contribution in [0.4, 0.5) is 4.79 Å². The van der Waals surface area contributed by atoms with E-state index in [2.05, 4.69) is 4.74 Å². The van der Waals surface area contributed by atoms with Crippen LogP contribution in [0.15, 0.2) is 0 Å². The summed E-state index contributed by atoms with van der Waals surface area (Å²) >= 11 is 0. The Morgan fingerprint density at radius 3 is 3.00 bits per heavy atom. The molecule has 5 heteroatoms. The fourth-order valence-corrected chi connectivity index (χ4v) is 0.804. The molecule has 12 heavy (non-hydrogen) atoms. The van der Waals surface area contributed by atoms with Gasteiger partial charge >= 0.3 is 6.16 Å². The largest absolute Gasteiger partial charge is 0.508 e. The highest BCUT2D eigenvalue weighted by Crippen LogP contribution is 2.05. The van der Waals surface area contributed by atoms with E-state index in [1.807, 2.05) is 0 Å². The predicted octanol–water partition coefficient (Wildman–Crippen LogP) is 0.185. The van der Waals surface area contributed by atoms with Crippen LogP contribution in [0.3, 0.4) is 0 Å². The molecule has 1 fully saturated rings. The Bertz CT molecular complexity index is 147. The van der Waals surface area contributed by atoms with Gasteiger partial charge in [-0.3, -0.25) is 0 Å². The van der Waals surface area contributed by atoms with E-state index in [0.717, 1.165) is 0 Å². The molecule has 0 spiro atoms. The van der Waals surface area contributed by atoms with Gasteiger partial charge in [0.25, 0.3) is 0 Å². The van der Waals surface area contributed by atoms with Crippen LogP contribution in [-0.2, 0) is 18.9 Å². The van der Waals surface area contributed by atoms with E-state index in [1.54, 1.807) is 7.11 Å². The van der Waals surface area contributed by atoms with Gasteiger partial charge in [0.05, 0.1) is 19.8 Å². The Morgan fingerprint density at radius 1 is 1.58 bits per heavy atom. The quantitative estimate of drug-likeness (QED) is 0.442. The van der Waals surface area contributed by atoms with E-state index in [0.29, 0.717) is 19.8 Å². The zero-order valence-electron chi connectivity index (χ0n) is 6.95. The molecule has 1 heterocycles. The van der Waals surface area contributed by atoms with Crippen LogP contribution in [0.1, 0.15) is 0 Å². The van der Waals surface area contributed by atoms with Gasteiger partial charge in [0.1, 0.15) is 6.61 Å². The van der Waals surface area contributed by atoms with E-state index < -0.39 is 6.16 Å². The van der Waals surface area contributed by atoms with Crippen molar-refractivity contribution in [3.8, 4) is 0 Å². The number of cyclic esters (lactones) is 2. The summed E-state index contributed by atoms with van der Waals surface area (Å²) in [6, 6.07) is 0. The molecule has 1 aliphatic heterocycles. The van der Waals surface area contributed by atoms with Crippen LogP contribution in [0, 0.1) is 0 Å². The second-order valence-corrected chi connectivity index (χ2v) is 2.37. The van der Waals surface area contributed by atoms with Gasteiger partial charge in [0.15, 0.2) is 6.10 Å². The Hall–Kier alpha value is -0.810. The van der Waals surface area contributed by atoms with Crippen molar-refractivity contribution in [1.82, 2.24) is 0 Å². The maximum Gasteiger partial charge on any atom is 0.508 e. The van der Waals surface area contributed by atoms with E-state index >= 15 is 0 Å². The lowest BCUT2D eigenvalue weighted by Gasteiger charge is -2.06. The third-order valence-electron chi connectivity index (χ3n) is 1.39. The lowest BCUT2D eigenvalue weighted by atomic mass is 10.4. The van der Waals surface area contributed by atoms with Crippen LogP contribution in [0.2, 0.25) is 0 Å². The lowest BCUT2D eigenvalue weighted by molar-refractivity contribution is 0.0215. The van der Waals surface area contributed by atoms with Gasteiger partial charge in [-0.15, -0.1) is 0 Å². The van der Waals surface area contributed by atoms with Gasteiger partial charge in [-0.2, -0.15) is 0 Å². The van der Waals surface area contributed by atoms with Gasteiger partial charge in [-0.05, 0) is 0 Å². The Balaban J connectivity index is 1.97. The van der Waals surface area contributed by atoms with Crippen molar-refractivity contribution in [2.45, 2.75) is 6.10 Å². The number of ether oxygens (including phenoxy) is 4. The molecule has 1 atom stereocenters. The van der Waals surface area contributed by atoms with Crippen LogP contribution in [0.5, 0.6) is 0 Å². The van der Waals surface area contributed by atoms with Crippen molar-refractivity contribution in [2.24, 2.45) is 0 Å². The number of rotatable bonds is 5. The average Bonchev–Trinajstić information content (AvgIpc) is 2.45. The summed E-state index contributed by atoms with van der Waals surface area (Å²) < 4.78 is 19.2. The van der Waals surface area contributed by atoms with E-state index in [-0.39, 0.29) is 12.7 Å². The zero-order valence-corrected chi connectivity index (χ0v) is 6.95. The summed E-state index contributed by atoms with van der Waals surface area (Å²) in [5.74, 6) is 0. The number of carbonyl (C=O) groups excluding carboxylic acids is 1. The molecule has 0 bridgehead atoms. The minimum absolute atomic E-state index is 0.255. The first-order chi connectivity index (χ1) is 5.83. The van der Waals surface area contributed by atoms with Crippen molar-refractivity contribution in [3.63, 3.8) is 0 Å². The molecule has 0 N–H and O–H groups in total. The number of methoxy groups -OCH3 is 1. The number of carbonyl (C=O) groups is 1. The van der Waals surface area contributed by atoms with Crippen molar-refractivity contribution in [2.75, 3.05) is 33.5 Å². The summed E-state index contributed by atoms with van der Waals surface area (Å²) in [6.07, 6.45) is -0.871. The fraction of sp³-hybridized carbons (Fsp3) is 0.857. The van der Waals surface area contributed by atoms with Gasteiger partial charge < -0.3 is 18.9 Å². The molecule has 0 saturated carbocycles. The van der Waals surface area contributed by atoms with Crippen molar-refractivity contribution < 1.29 is 23.7 Å². The molecule has 0 amide bonds. The second kappa shape index (κ2) is 4.95. The van der Waals surface area contributed by atoms with Crippen molar-refractivity contribution >= 4 is 6.16 Å². The molecule has 1 unspecified atom stereocenters. The number of hydrogen-bond donors (Lipinski definition) is 0.